The smallest absolute Gasteiger partial charge is 0.348 e. The second kappa shape index (κ2) is 10.8. The first-order chi connectivity index (χ1) is 16.9. The predicted octanol–water partition coefficient (Wildman–Crippen LogP) is 5.32. The number of hydrogen-bond acceptors (Lipinski definition) is 8. The first kappa shape index (κ1) is 24.5. The number of hydrogen-bond donors (Lipinski definition) is 1. The van der Waals surface area contributed by atoms with Gasteiger partial charge in [-0.05, 0) is 73.6 Å². The van der Waals surface area contributed by atoms with Gasteiger partial charge in [0.15, 0.2) is 5.76 Å². The molecule has 8 nitrogen and oxygen atoms in total. The van der Waals surface area contributed by atoms with Crippen LogP contribution in [0.2, 0.25) is 0 Å². The molecule has 9 heteroatoms. The average Bonchev–Trinajstić information content (AvgIpc) is 3.59. The first-order valence-electron chi connectivity index (χ1n) is 11.4. The van der Waals surface area contributed by atoms with Gasteiger partial charge in [0.05, 0.1) is 19.3 Å². The summed E-state index contributed by atoms with van der Waals surface area (Å²) in [6.07, 6.45) is 3.97. The van der Waals surface area contributed by atoms with Gasteiger partial charge in [-0.25, -0.2) is 9.59 Å². The SMILES string of the molecule is CCCOC(=O)c1c(NC(=O)c2ccc(COc3ccc4c(c3)CCC4)o2)sc(C(=O)OC)c1C. The number of carbonyl (C=O) groups is 3. The maximum atomic E-state index is 12.9. The Bertz CT molecular complexity index is 1260. The van der Waals surface area contributed by atoms with E-state index in [2.05, 4.69) is 17.4 Å². The van der Waals surface area contributed by atoms with E-state index in [1.54, 1.807) is 13.0 Å². The van der Waals surface area contributed by atoms with E-state index in [-0.39, 0.29) is 34.4 Å². The van der Waals surface area contributed by atoms with Crippen LogP contribution in [0.25, 0.3) is 0 Å². The quantitative estimate of drug-likeness (QED) is 0.399. The Morgan fingerprint density at radius 2 is 1.89 bits per heavy atom. The number of benzene rings is 1. The number of carbonyl (C=O) groups excluding carboxylic acids is 3. The van der Waals surface area contributed by atoms with E-state index >= 15 is 0 Å². The molecular weight excluding hydrogens is 470 g/mol. The van der Waals surface area contributed by atoms with Crippen LogP contribution in [0.15, 0.2) is 34.7 Å². The Balaban J connectivity index is 1.46. The fourth-order valence-corrected chi connectivity index (χ4v) is 5.04. The van der Waals surface area contributed by atoms with Gasteiger partial charge in [0.25, 0.3) is 5.91 Å². The summed E-state index contributed by atoms with van der Waals surface area (Å²) in [5, 5.41) is 2.87. The third-order valence-corrected chi connectivity index (χ3v) is 6.91. The van der Waals surface area contributed by atoms with E-state index < -0.39 is 17.8 Å². The normalized spacial score (nSPS) is 12.2. The number of rotatable bonds is 9. The highest BCUT2D eigenvalue weighted by atomic mass is 32.1. The monoisotopic (exact) mass is 497 g/mol. The third-order valence-electron chi connectivity index (χ3n) is 5.72. The van der Waals surface area contributed by atoms with Crippen molar-refractivity contribution in [1.82, 2.24) is 0 Å². The van der Waals surface area contributed by atoms with Crippen molar-refractivity contribution in [2.75, 3.05) is 19.0 Å². The van der Waals surface area contributed by atoms with Crippen LogP contribution in [0.3, 0.4) is 0 Å². The molecule has 1 aromatic carbocycles. The van der Waals surface area contributed by atoms with Gasteiger partial charge >= 0.3 is 11.9 Å². The number of methoxy groups -OCH3 is 1. The zero-order valence-corrected chi connectivity index (χ0v) is 20.7. The van der Waals surface area contributed by atoms with Crippen molar-refractivity contribution in [3.05, 3.63) is 69.0 Å². The van der Waals surface area contributed by atoms with Gasteiger partial charge in [-0.2, -0.15) is 0 Å². The highest BCUT2D eigenvalue weighted by Crippen LogP contribution is 2.35. The predicted molar refractivity (Wildman–Crippen MR) is 130 cm³/mol. The maximum Gasteiger partial charge on any atom is 0.348 e. The molecule has 0 aliphatic heterocycles. The summed E-state index contributed by atoms with van der Waals surface area (Å²) in [7, 11) is 1.25. The Morgan fingerprint density at radius 1 is 1.09 bits per heavy atom. The number of thiophene rings is 1. The standard InChI is InChI=1S/C26H27NO7S/c1-4-12-32-25(29)21-15(2)22(26(30)31-3)35-24(21)27-23(28)20-11-10-19(34-20)14-33-18-9-8-16-6-5-7-17(16)13-18/h8-11,13H,4-7,12,14H2,1-3H3,(H,27,28). The fraction of sp³-hybridized carbons (Fsp3) is 0.346. The van der Waals surface area contributed by atoms with Gasteiger partial charge < -0.3 is 23.9 Å². The summed E-state index contributed by atoms with van der Waals surface area (Å²) < 4.78 is 21.5. The summed E-state index contributed by atoms with van der Waals surface area (Å²) >= 11 is 0.954. The molecule has 0 saturated heterocycles. The molecular formula is C26H27NO7S. The van der Waals surface area contributed by atoms with Crippen molar-refractivity contribution < 1.29 is 33.0 Å². The molecule has 0 unspecified atom stereocenters. The second-order valence-electron chi connectivity index (χ2n) is 8.18. The summed E-state index contributed by atoms with van der Waals surface area (Å²) in [5.74, 6) is -0.480. The Kier molecular flexibility index (Phi) is 7.55. The lowest BCUT2D eigenvalue weighted by molar-refractivity contribution is 0.0506. The topological polar surface area (TPSA) is 104 Å². The number of aryl methyl sites for hydroxylation is 2. The average molecular weight is 498 g/mol. The van der Waals surface area contributed by atoms with E-state index in [1.807, 2.05) is 13.0 Å². The third kappa shape index (κ3) is 5.40. The minimum atomic E-state index is -0.617. The van der Waals surface area contributed by atoms with E-state index in [0.717, 1.165) is 29.9 Å². The minimum absolute atomic E-state index is 0.0519. The summed E-state index contributed by atoms with van der Waals surface area (Å²) in [5.41, 5.74) is 3.20. The lowest BCUT2D eigenvalue weighted by Crippen LogP contribution is -2.14. The van der Waals surface area contributed by atoms with Crippen LogP contribution in [0.5, 0.6) is 5.75 Å². The van der Waals surface area contributed by atoms with E-state index in [0.29, 0.717) is 17.7 Å². The number of amides is 1. The van der Waals surface area contributed by atoms with Crippen LogP contribution in [0.4, 0.5) is 5.00 Å². The zero-order valence-electron chi connectivity index (χ0n) is 19.9. The molecule has 0 atom stereocenters. The van der Waals surface area contributed by atoms with E-state index in [1.165, 1.54) is 30.7 Å². The van der Waals surface area contributed by atoms with Crippen molar-refractivity contribution in [2.45, 2.75) is 46.1 Å². The van der Waals surface area contributed by atoms with Crippen molar-refractivity contribution in [1.29, 1.82) is 0 Å². The van der Waals surface area contributed by atoms with Crippen LogP contribution in [-0.2, 0) is 28.9 Å². The number of anilines is 1. The molecule has 0 fully saturated rings. The molecule has 3 aromatic rings. The second-order valence-corrected chi connectivity index (χ2v) is 9.20. The Morgan fingerprint density at radius 3 is 2.66 bits per heavy atom. The van der Waals surface area contributed by atoms with Gasteiger partial charge in [-0.3, -0.25) is 4.79 Å². The number of esters is 2. The Hall–Kier alpha value is -3.59. The molecule has 0 spiro atoms. The van der Waals surface area contributed by atoms with Gasteiger partial charge in [0.1, 0.15) is 28.0 Å². The fourth-order valence-electron chi connectivity index (χ4n) is 3.94. The molecule has 1 aliphatic rings. The van der Waals surface area contributed by atoms with Gasteiger partial charge in [0.2, 0.25) is 0 Å². The van der Waals surface area contributed by atoms with Crippen LogP contribution in [-0.4, -0.2) is 31.6 Å². The molecule has 2 heterocycles. The first-order valence-corrected chi connectivity index (χ1v) is 12.3. The minimum Gasteiger partial charge on any atom is -0.486 e. The van der Waals surface area contributed by atoms with Crippen molar-refractivity contribution in [2.24, 2.45) is 0 Å². The molecule has 1 N–H and O–H groups in total. The van der Waals surface area contributed by atoms with Crippen LogP contribution >= 0.6 is 11.3 Å². The number of fused-ring (bicyclic) bond motifs is 1. The number of furan rings is 1. The van der Waals surface area contributed by atoms with Crippen molar-refractivity contribution >= 4 is 34.2 Å². The molecule has 184 valence electrons. The Labute approximate surface area is 207 Å². The maximum absolute atomic E-state index is 12.9. The summed E-state index contributed by atoms with van der Waals surface area (Å²) in [6.45, 7) is 3.88. The van der Waals surface area contributed by atoms with Gasteiger partial charge in [-0.1, -0.05) is 13.0 Å². The molecule has 2 aromatic heterocycles. The molecule has 4 rings (SSSR count). The summed E-state index contributed by atoms with van der Waals surface area (Å²) in [6, 6.07) is 9.28. The number of ether oxygens (including phenoxy) is 3. The lowest BCUT2D eigenvalue weighted by Gasteiger charge is -2.07. The van der Waals surface area contributed by atoms with Crippen LogP contribution in [0, 0.1) is 6.92 Å². The molecule has 35 heavy (non-hydrogen) atoms. The largest absolute Gasteiger partial charge is 0.486 e. The lowest BCUT2D eigenvalue weighted by atomic mass is 10.1. The molecule has 0 saturated carbocycles. The highest BCUT2D eigenvalue weighted by molar-refractivity contribution is 7.18. The molecule has 1 amide bonds. The zero-order chi connectivity index (χ0) is 24.9. The summed E-state index contributed by atoms with van der Waals surface area (Å²) in [4.78, 5) is 37.8. The number of nitrogens with one attached hydrogen (secondary N) is 1. The van der Waals surface area contributed by atoms with Crippen LogP contribution in [0.1, 0.15) is 72.8 Å². The van der Waals surface area contributed by atoms with Gasteiger partial charge in [0, 0.05) is 0 Å². The highest BCUT2D eigenvalue weighted by Gasteiger charge is 2.28. The van der Waals surface area contributed by atoms with Gasteiger partial charge in [-0.15, -0.1) is 11.3 Å². The molecule has 0 bridgehead atoms. The van der Waals surface area contributed by atoms with E-state index in [9.17, 15) is 14.4 Å². The molecule has 1 aliphatic carbocycles. The van der Waals surface area contributed by atoms with Crippen molar-refractivity contribution in [3.8, 4) is 5.75 Å². The molecule has 0 radical (unpaired) electrons. The van der Waals surface area contributed by atoms with Crippen molar-refractivity contribution in [3.63, 3.8) is 0 Å². The van der Waals surface area contributed by atoms with Crippen LogP contribution < -0.4 is 10.1 Å². The van der Waals surface area contributed by atoms with E-state index in [4.69, 9.17) is 18.6 Å².